The molecule has 1 saturated heterocycles. The maximum absolute atomic E-state index is 5.62. The van der Waals surface area contributed by atoms with Crippen LogP contribution in [0, 0.1) is 0 Å². The van der Waals surface area contributed by atoms with Gasteiger partial charge in [-0.25, -0.2) is 0 Å². The summed E-state index contributed by atoms with van der Waals surface area (Å²) in [7, 11) is -0.306. The van der Waals surface area contributed by atoms with Crippen molar-refractivity contribution in [2.75, 3.05) is 11.0 Å². The topological polar surface area (TPSA) is 9.23 Å². The van der Waals surface area contributed by atoms with Crippen LogP contribution in [0.1, 0.15) is 12.8 Å². The van der Waals surface area contributed by atoms with Crippen molar-refractivity contribution in [3.05, 3.63) is 0 Å². The first kappa shape index (κ1) is 8.01. The number of hydrogen-bond acceptors (Lipinski definition) is 1. The van der Waals surface area contributed by atoms with Gasteiger partial charge in [0, 0.05) is 6.61 Å². The molecular formula is C6H12IOSi. The number of hydrogen-bond donors (Lipinski definition) is 0. The average molecular weight is 255 g/mol. The monoisotopic (exact) mass is 255 g/mol. The summed E-state index contributed by atoms with van der Waals surface area (Å²) in [6, 6.07) is 2.75. The third-order valence-electron chi connectivity index (χ3n) is 1.53. The second kappa shape index (κ2) is 4.68. The summed E-state index contributed by atoms with van der Waals surface area (Å²) in [5.74, 6) is 0. The zero-order valence-corrected chi connectivity index (χ0v) is 8.69. The van der Waals surface area contributed by atoms with Gasteiger partial charge in [0.05, 0.1) is 0 Å². The molecule has 0 N–H and O–H groups in total. The summed E-state index contributed by atoms with van der Waals surface area (Å²) >= 11 is 2.44. The van der Waals surface area contributed by atoms with E-state index in [-0.39, 0.29) is 9.04 Å². The zero-order valence-electron chi connectivity index (χ0n) is 5.53. The lowest BCUT2D eigenvalue weighted by atomic mass is 10.4. The van der Waals surface area contributed by atoms with Crippen molar-refractivity contribution in [3.63, 3.8) is 0 Å². The Bertz CT molecular complexity index is 70.7. The zero-order chi connectivity index (χ0) is 6.53. The molecule has 0 aromatic heterocycles. The second-order valence-corrected chi connectivity index (χ2v) is 5.73. The maximum atomic E-state index is 5.62. The summed E-state index contributed by atoms with van der Waals surface area (Å²) in [6.45, 7) is 1.05. The fourth-order valence-electron chi connectivity index (χ4n) is 1.02. The number of rotatable bonds is 2. The second-order valence-electron chi connectivity index (χ2n) is 2.28. The lowest BCUT2D eigenvalue weighted by Crippen LogP contribution is -2.23. The van der Waals surface area contributed by atoms with Gasteiger partial charge in [0.2, 0.25) is 9.04 Å². The van der Waals surface area contributed by atoms with Crippen molar-refractivity contribution in [2.24, 2.45) is 0 Å². The van der Waals surface area contributed by atoms with Gasteiger partial charge in [-0.1, -0.05) is 29.0 Å². The first-order valence-corrected chi connectivity index (χ1v) is 6.82. The molecule has 0 amide bonds. The van der Waals surface area contributed by atoms with Gasteiger partial charge in [-0.05, 0) is 22.9 Å². The molecule has 0 unspecified atom stereocenters. The molecule has 0 atom stereocenters. The van der Waals surface area contributed by atoms with Crippen LogP contribution in [0.3, 0.4) is 0 Å². The van der Waals surface area contributed by atoms with E-state index in [1.807, 2.05) is 0 Å². The van der Waals surface area contributed by atoms with E-state index in [4.69, 9.17) is 4.43 Å². The molecular weight excluding hydrogens is 243 g/mol. The minimum absolute atomic E-state index is 0.306. The highest BCUT2D eigenvalue weighted by Gasteiger charge is 2.15. The summed E-state index contributed by atoms with van der Waals surface area (Å²) in [5.41, 5.74) is 0. The molecule has 0 aromatic carbocycles. The predicted molar refractivity (Wildman–Crippen MR) is 49.4 cm³/mol. The molecule has 53 valence electrons. The Hall–Kier alpha value is 0.907. The van der Waals surface area contributed by atoms with E-state index in [1.165, 1.54) is 29.4 Å². The molecule has 0 bridgehead atoms. The molecule has 1 aliphatic heterocycles. The molecule has 0 saturated carbocycles. The van der Waals surface area contributed by atoms with Gasteiger partial charge in [-0.2, -0.15) is 0 Å². The first-order valence-electron chi connectivity index (χ1n) is 3.47. The van der Waals surface area contributed by atoms with E-state index in [1.54, 1.807) is 0 Å². The van der Waals surface area contributed by atoms with Crippen molar-refractivity contribution in [1.29, 1.82) is 0 Å². The first-order chi connectivity index (χ1) is 4.43. The van der Waals surface area contributed by atoms with Gasteiger partial charge < -0.3 is 4.43 Å². The molecule has 0 aromatic rings. The SMILES string of the molecule is ICC[Si]1CCCCO1. The molecule has 1 aliphatic rings. The van der Waals surface area contributed by atoms with Crippen molar-refractivity contribution in [3.8, 4) is 0 Å². The molecule has 9 heavy (non-hydrogen) atoms. The smallest absolute Gasteiger partial charge is 0.212 e. The lowest BCUT2D eigenvalue weighted by molar-refractivity contribution is 0.287. The molecule has 1 radical (unpaired) electrons. The standard InChI is InChI=1S/C6H12IOSi/c7-3-6-9-5-2-1-4-8-9/h1-6H2. The number of alkyl halides is 1. The molecule has 1 fully saturated rings. The Morgan fingerprint density at radius 2 is 2.33 bits per heavy atom. The maximum Gasteiger partial charge on any atom is 0.212 e. The Morgan fingerprint density at radius 1 is 1.44 bits per heavy atom. The molecule has 1 heterocycles. The van der Waals surface area contributed by atoms with Crippen molar-refractivity contribution in [1.82, 2.24) is 0 Å². The molecule has 1 rings (SSSR count). The fourth-order valence-corrected chi connectivity index (χ4v) is 4.65. The van der Waals surface area contributed by atoms with E-state index in [2.05, 4.69) is 22.6 Å². The Labute approximate surface area is 72.0 Å². The summed E-state index contributed by atoms with van der Waals surface area (Å²) in [6.07, 6.45) is 2.72. The normalized spacial score (nSPS) is 22.3. The minimum atomic E-state index is -0.306. The number of halogens is 1. The van der Waals surface area contributed by atoms with E-state index in [9.17, 15) is 0 Å². The summed E-state index contributed by atoms with van der Waals surface area (Å²) in [4.78, 5) is 0. The Morgan fingerprint density at radius 3 is 2.89 bits per heavy atom. The van der Waals surface area contributed by atoms with Crippen LogP contribution in [0.5, 0.6) is 0 Å². The van der Waals surface area contributed by atoms with Crippen molar-refractivity contribution in [2.45, 2.75) is 24.9 Å². The Kier molecular flexibility index (Phi) is 4.16. The van der Waals surface area contributed by atoms with Crippen LogP contribution in [-0.4, -0.2) is 20.1 Å². The fraction of sp³-hybridized carbons (Fsp3) is 1.00. The molecule has 0 spiro atoms. The van der Waals surface area contributed by atoms with Crippen LogP contribution in [0.25, 0.3) is 0 Å². The van der Waals surface area contributed by atoms with Crippen LogP contribution in [0.4, 0.5) is 0 Å². The summed E-state index contributed by atoms with van der Waals surface area (Å²) < 4.78 is 6.90. The molecule has 1 nitrogen and oxygen atoms in total. The highest BCUT2D eigenvalue weighted by Crippen LogP contribution is 2.14. The van der Waals surface area contributed by atoms with E-state index in [0.29, 0.717) is 0 Å². The highest BCUT2D eigenvalue weighted by molar-refractivity contribution is 14.1. The molecule has 3 heteroatoms. The van der Waals surface area contributed by atoms with Crippen LogP contribution in [-0.2, 0) is 4.43 Å². The minimum Gasteiger partial charge on any atom is -0.417 e. The average Bonchev–Trinajstić information content (AvgIpc) is 1.91. The van der Waals surface area contributed by atoms with Gasteiger partial charge in [0.25, 0.3) is 0 Å². The van der Waals surface area contributed by atoms with Gasteiger partial charge in [-0.3, -0.25) is 0 Å². The van der Waals surface area contributed by atoms with Crippen LogP contribution >= 0.6 is 22.6 Å². The third kappa shape index (κ3) is 3.00. The highest BCUT2D eigenvalue weighted by atomic mass is 127. The van der Waals surface area contributed by atoms with Crippen molar-refractivity contribution < 1.29 is 4.43 Å². The lowest BCUT2D eigenvalue weighted by Gasteiger charge is -2.18. The third-order valence-corrected chi connectivity index (χ3v) is 5.42. The quantitative estimate of drug-likeness (QED) is 0.417. The summed E-state index contributed by atoms with van der Waals surface area (Å²) in [5, 5.41) is 0. The largest absolute Gasteiger partial charge is 0.417 e. The van der Waals surface area contributed by atoms with Crippen molar-refractivity contribution >= 4 is 31.6 Å². The van der Waals surface area contributed by atoms with E-state index < -0.39 is 0 Å². The van der Waals surface area contributed by atoms with Gasteiger partial charge in [0.1, 0.15) is 0 Å². The van der Waals surface area contributed by atoms with E-state index >= 15 is 0 Å². The van der Waals surface area contributed by atoms with Gasteiger partial charge in [0.15, 0.2) is 0 Å². The van der Waals surface area contributed by atoms with E-state index in [0.717, 1.165) is 6.61 Å². The molecule has 0 aliphatic carbocycles. The van der Waals surface area contributed by atoms with Crippen LogP contribution < -0.4 is 0 Å². The van der Waals surface area contributed by atoms with Crippen LogP contribution in [0.2, 0.25) is 12.1 Å². The van der Waals surface area contributed by atoms with Gasteiger partial charge >= 0.3 is 0 Å². The predicted octanol–water partition coefficient (Wildman–Crippen LogP) is 2.22. The van der Waals surface area contributed by atoms with Crippen LogP contribution in [0.15, 0.2) is 0 Å². The Balaban J connectivity index is 2.08. The van der Waals surface area contributed by atoms with Gasteiger partial charge in [-0.15, -0.1) is 0 Å².